The fraction of sp³-hybridized carbons (Fsp3) is 0.704. The SMILES string of the molecule is CCCCCCCCCCCCCCCCCOC(=O)[C@H](C)NC(=O)c1ccccc1F. The van der Waals surface area contributed by atoms with Crippen molar-refractivity contribution in [2.45, 2.75) is 116 Å². The Morgan fingerprint density at radius 3 is 1.78 bits per heavy atom. The van der Waals surface area contributed by atoms with E-state index >= 15 is 0 Å². The summed E-state index contributed by atoms with van der Waals surface area (Å²) < 4.78 is 18.9. The van der Waals surface area contributed by atoms with Gasteiger partial charge in [-0.15, -0.1) is 0 Å². The van der Waals surface area contributed by atoms with Crippen molar-refractivity contribution in [3.05, 3.63) is 35.6 Å². The summed E-state index contributed by atoms with van der Waals surface area (Å²) in [4.78, 5) is 24.1. The van der Waals surface area contributed by atoms with Crippen LogP contribution in [0.4, 0.5) is 4.39 Å². The Morgan fingerprint density at radius 2 is 1.28 bits per heavy atom. The first-order valence-electron chi connectivity index (χ1n) is 12.8. The zero-order chi connectivity index (χ0) is 23.4. The Morgan fingerprint density at radius 1 is 0.812 bits per heavy atom. The Bertz CT molecular complexity index is 635. The summed E-state index contributed by atoms with van der Waals surface area (Å²) in [7, 11) is 0. The van der Waals surface area contributed by atoms with Gasteiger partial charge in [0, 0.05) is 0 Å². The molecular formula is C27H44FNO3. The number of halogens is 1. The molecule has 182 valence electrons. The quantitative estimate of drug-likeness (QED) is 0.177. The first-order valence-corrected chi connectivity index (χ1v) is 12.8. The molecule has 1 amide bonds. The molecule has 5 heteroatoms. The molecule has 0 unspecified atom stereocenters. The third kappa shape index (κ3) is 13.5. The van der Waals surface area contributed by atoms with E-state index in [1.165, 1.54) is 95.2 Å². The summed E-state index contributed by atoms with van der Waals surface area (Å²) in [5.41, 5.74) is -0.0745. The van der Waals surface area contributed by atoms with Crippen molar-refractivity contribution < 1.29 is 18.7 Å². The van der Waals surface area contributed by atoms with Crippen LogP contribution < -0.4 is 5.32 Å². The number of benzene rings is 1. The van der Waals surface area contributed by atoms with E-state index < -0.39 is 23.7 Å². The van der Waals surface area contributed by atoms with Crippen molar-refractivity contribution in [1.29, 1.82) is 0 Å². The van der Waals surface area contributed by atoms with Crippen molar-refractivity contribution in [1.82, 2.24) is 5.32 Å². The molecule has 1 atom stereocenters. The van der Waals surface area contributed by atoms with E-state index in [1.807, 2.05) is 0 Å². The van der Waals surface area contributed by atoms with Gasteiger partial charge in [0.1, 0.15) is 11.9 Å². The number of esters is 1. The van der Waals surface area contributed by atoms with Crippen molar-refractivity contribution in [2.75, 3.05) is 6.61 Å². The molecule has 1 rings (SSSR count). The monoisotopic (exact) mass is 449 g/mol. The number of nitrogens with one attached hydrogen (secondary N) is 1. The fourth-order valence-electron chi connectivity index (χ4n) is 3.75. The highest BCUT2D eigenvalue weighted by Gasteiger charge is 2.19. The minimum absolute atomic E-state index is 0.0745. The predicted molar refractivity (Wildman–Crippen MR) is 129 cm³/mol. The number of rotatable bonds is 19. The molecule has 0 saturated heterocycles. The zero-order valence-electron chi connectivity index (χ0n) is 20.3. The van der Waals surface area contributed by atoms with E-state index in [-0.39, 0.29) is 5.56 Å². The lowest BCUT2D eigenvalue weighted by atomic mass is 10.0. The molecular weight excluding hydrogens is 405 g/mol. The van der Waals surface area contributed by atoms with Crippen LogP contribution >= 0.6 is 0 Å². The molecule has 1 N–H and O–H groups in total. The Balaban J connectivity index is 1.93. The third-order valence-electron chi connectivity index (χ3n) is 5.81. The minimum Gasteiger partial charge on any atom is -0.464 e. The molecule has 0 heterocycles. The summed E-state index contributed by atoms with van der Waals surface area (Å²) in [6.07, 6.45) is 19.3. The van der Waals surface area contributed by atoms with Crippen LogP contribution in [-0.4, -0.2) is 24.5 Å². The lowest BCUT2D eigenvalue weighted by Crippen LogP contribution is -2.40. The van der Waals surface area contributed by atoms with Crippen LogP contribution in [0.15, 0.2) is 24.3 Å². The number of carbonyl (C=O) groups is 2. The number of amides is 1. The molecule has 32 heavy (non-hydrogen) atoms. The normalized spacial score (nSPS) is 11.8. The molecule has 0 aliphatic rings. The van der Waals surface area contributed by atoms with E-state index in [9.17, 15) is 14.0 Å². The van der Waals surface area contributed by atoms with Crippen LogP contribution in [0, 0.1) is 5.82 Å². The predicted octanol–water partition coefficient (Wildman–Crippen LogP) is 7.36. The van der Waals surface area contributed by atoms with E-state index in [0.717, 1.165) is 19.3 Å². The smallest absolute Gasteiger partial charge is 0.328 e. The molecule has 0 spiro atoms. The van der Waals surface area contributed by atoms with Crippen LogP contribution in [0.3, 0.4) is 0 Å². The lowest BCUT2D eigenvalue weighted by Gasteiger charge is -2.13. The molecule has 1 aromatic carbocycles. The zero-order valence-corrected chi connectivity index (χ0v) is 20.3. The molecule has 0 radical (unpaired) electrons. The van der Waals surface area contributed by atoms with Gasteiger partial charge in [-0.2, -0.15) is 0 Å². The topological polar surface area (TPSA) is 55.4 Å². The Kier molecular flexibility index (Phi) is 16.4. The number of unbranched alkanes of at least 4 members (excludes halogenated alkanes) is 14. The van der Waals surface area contributed by atoms with Crippen molar-refractivity contribution in [3.63, 3.8) is 0 Å². The molecule has 0 saturated carbocycles. The summed E-state index contributed by atoms with van der Waals surface area (Å²) in [5, 5.41) is 2.49. The highest BCUT2D eigenvalue weighted by Crippen LogP contribution is 2.13. The van der Waals surface area contributed by atoms with Crippen LogP contribution in [0.1, 0.15) is 121 Å². The molecule has 0 fully saturated rings. The van der Waals surface area contributed by atoms with Crippen molar-refractivity contribution >= 4 is 11.9 Å². The second-order valence-corrected chi connectivity index (χ2v) is 8.79. The first-order chi connectivity index (χ1) is 15.6. The second-order valence-electron chi connectivity index (χ2n) is 8.79. The minimum atomic E-state index is -0.807. The summed E-state index contributed by atoms with van der Waals surface area (Å²) in [5.74, 6) is -1.71. The molecule has 0 aliphatic heterocycles. The Hall–Kier alpha value is -1.91. The molecule has 0 aliphatic carbocycles. The average molecular weight is 450 g/mol. The van der Waals surface area contributed by atoms with Gasteiger partial charge in [0.15, 0.2) is 0 Å². The van der Waals surface area contributed by atoms with Gasteiger partial charge < -0.3 is 10.1 Å². The molecule has 4 nitrogen and oxygen atoms in total. The van der Waals surface area contributed by atoms with Gasteiger partial charge in [0.2, 0.25) is 0 Å². The third-order valence-corrected chi connectivity index (χ3v) is 5.81. The van der Waals surface area contributed by atoms with E-state index in [1.54, 1.807) is 13.0 Å². The van der Waals surface area contributed by atoms with Gasteiger partial charge >= 0.3 is 5.97 Å². The van der Waals surface area contributed by atoms with Gasteiger partial charge in [-0.25, -0.2) is 9.18 Å². The maximum atomic E-state index is 13.6. The van der Waals surface area contributed by atoms with Gasteiger partial charge in [0.05, 0.1) is 12.2 Å². The molecule has 1 aromatic rings. The largest absolute Gasteiger partial charge is 0.464 e. The average Bonchev–Trinajstić information content (AvgIpc) is 2.78. The fourth-order valence-corrected chi connectivity index (χ4v) is 3.75. The van der Waals surface area contributed by atoms with Gasteiger partial charge in [-0.1, -0.05) is 109 Å². The van der Waals surface area contributed by atoms with Crippen LogP contribution in [0.2, 0.25) is 0 Å². The number of ether oxygens (including phenoxy) is 1. The van der Waals surface area contributed by atoms with Gasteiger partial charge in [0.25, 0.3) is 5.91 Å². The standard InChI is InChI=1S/C27H44FNO3/c1-3-4-5-6-7-8-9-10-11-12-13-14-15-16-19-22-32-27(31)23(2)29-26(30)24-20-17-18-21-25(24)28/h17-18,20-21,23H,3-16,19,22H2,1-2H3,(H,29,30)/t23-/m0/s1. The summed E-state index contributed by atoms with van der Waals surface area (Å²) in [6.45, 7) is 4.17. The number of hydrogen-bond donors (Lipinski definition) is 1. The van der Waals surface area contributed by atoms with Crippen molar-refractivity contribution in [2.24, 2.45) is 0 Å². The Labute approximate surface area is 194 Å². The second kappa shape index (κ2) is 18.6. The molecule has 0 bridgehead atoms. The first kappa shape index (κ1) is 28.1. The van der Waals surface area contributed by atoms with Crippen LogP contribution in [-0.2, 0) is 9.53 Å². The summed E-state index contributed by atoms with van der Waals surface area (Å²) >= 11 is 0. The maximum Gasteiger partial charge on any atom is 0.328 e. The van der Waals surface area contributed by atoms with E-state index in [2.05, 4.69) is 12.2 Å². The van der Waals surface area contributed by atoms with E-state index in [0.29, 0.717) is 6.61 Å². The number of hydrogen-bond acceptors (Lipinski definition) is 3. The van der Waals surface area contributed by atoms with E-state index in [4.69, 9.17) is 4.74 Å². The number of carbonyl (C=O) groups excluding carboxylic acids is 2. The lowest BCUT2D eigenvalue weighted by molar-refractivity contribution is -0.145. The van der Waals surface area contributed by atoms with Gasteiger partial charge in [-0.3, -0.25) is 4.79 Å². The highest BCUT2D eigenvalue weighted by atomic mass is 19.1. The van der Waals surface area contributed by atoms with Crippen LogP contribution in [0.5, 0.6) is 0 Å². The maximum absolute atomic E-state index is 13.6. The van der Waals surface area contributed by atoms with Crippen LogP contribution in [0.25, 0.3) is 0 Å². The molecule has 0 aromatic heterocycles. The highest BCUT2D eigenvalue weighted by molar-refractivity contribution is 5.96. The van der Waals surface area contributed by atoms with Crippen molar-refractivity contribution in [3.8, 4) is 0 Å². The summed E-state index contributed by atoms with van der Waals surface area (Å²) in [6, 6.07) is 4.89. The van der Waals surface area contributed by atoms with Gasteiger partial charge in [-0.05, 0) is 25.5 Å².